The molecule has 1 heterocycles. The van der Waals surface area contributed by atoms with Crippen molar-refractivity contribution in [3.05, 3.63) is 56.7 Å². The Morgan fingerprint density at radius 2 is 1.94 bits per heavy atom. The van der Waals surface area contributed by atoms with E-state index in [-0.39, 0.29) is 0 Å². The van der Waals surface area contributed by atoms with Gasteiger partial charge in [-0.15, -0.1) is 11.3 Å². The second-order valence-electron chi connectivity index (χ2n) is 3.39. The summed E-state index contributed by atoms with van der Waals surface area (Å²) in [5.74, 6) is -0.916. The zero-order valence-electron chi connectivity index (χ0n) is 8.76. The first kappa shape index (κ1) is 12.1. The fourth-order valence-electron chi connectivity index (χ4n) is 1.41. The van der Waals surface area contributed by atoms with Crippen LogP contribution in [0.1, 0.15) is 10.4 Å². The quantitative estimate of drug-likeness (QED) is 0.865. The Morgan fingerprint density at radius 1 is 1.24 bits per heavy atom. The molecule has 0 aliphatic rings. The van der Waals surface area contributed by atoms with Crippen LogP contribution < -0.4 is 0 Å². The summed E-state index contributed by atoms with van der Waals surface area (Å²) in [6.07, 6.45) is 1.69. The highest BCUT2D eigenvalue weighted by Gasteiger charge is 2.10. The van der Waals surface area contributed by atoms with Crippen LogP contribution in [-0.2, 0) is 4.79 Å². The molecule has 1 aromatic heterocycles. The molecule has 0 saturated heterocycles. The number of halogens is 1. The molecule has 0 atom stereocenters. The second kappa shape index (κ2) is 5.29. The Hall–Kier alpha value is -1.39. The lowest BCUT2D eigenvalue weighted by molar-refractivity contribution is -0.130. The average molecular weight is 309 g/mol. The van der Waals surface area contributed by atoms with Crippen molar-refractivity contribution in [3.63, 3.8) is 0 Å². The van der Waals surface area contributed by atoms with Gasteiger partial charge in [0.25, 0.3) is 0 Å². The van der Waals surface area contributed by atoms with Crippen LogP contribution in [0, 0.1) is 0 Å². The minimum Gasteiger partial charge on any atom is -0.478 e. The van der Waals surface area contributed by atoms with Crippen LogP contribution in [-0.4, -0.2) is 11.1 Å². The third kappa shape index (κ3) is 3.05. The number of benzene rings is 1. The van der Waals surface area contributed by atoms with E-state index < -0.39 is 5.97 Å². The molecule has 2 rings (SSSR count). The summed E-state index contributed by atoms with van der Waals surface area (Å²) in [5.41, 5.74) is 1.01. The number of carboxylic acid groups (broad SMARTS) is 1. The van der Waals surface area contributed by atoms with Gasteiger partial charge in [0.1, 0.15) is 0 Å². The van der Waals surface area contributed by atoms with Crippen molar-refractivity contribution in [3.8, 4) is 0 Å². The van der Waals surface area contributed by atoms with Crippen LogP contribution in [0.15, 0.2) is 46.3 Å². The molecule has 1 N–H and O–H groups in total. The van der Waals surface area contributed by atoms with Crippen LogP contribution in [0.2, 0.25) is 0 Å². The molecule has 1 aromatic carbocycles. The summed E-state index contributed by atoms with van der Waals surface area (Å²) < 4.78 is 0.933. The van der Waals surface area contributed by atoms with Crippen molar-refractivity contribution in [2.45, 2.75) is 0 Å². The van der Waals surface area contributed by atoms with E-state index in [0.29, 0.717) is 11.1 Å². The maximum absolute atomic E-state index is 11.2. The van der Waals surface area contributed by atoms with Crippen molar-refractivity contribution >= 4 is 44.9 Å². The molecule has 0 fully saturated rings. The van der Waals surface area contributed by atoms with Gasteiger partial charge in [0.15, 0.2) is 0 Å². The van der Waals surface area contributed by atoms with Gasteiger partial charge in [0, 0.05) is 9.35 Å². The first-order valence-corrected chi connectivity index (χ1v) is 6.58. The number of aliphatic carboxylic acids is 1. The number of carboxylic acids is 1. The van der Waals surface area contributed by atoms with Crippen molar-refractivity contribution in [1.29, 1.82) is 0 Å². The lowest BCUT2D eigenvalue weighted by Crippen LogP contribution is -1.99. The maximum Gasteiger partial charge on any atom is 0.336 e. The normalized spacial score (nSPS) is 11.5. The van der Waals surface area contributed by atoms with Crippen molar-refractivity contribution in [2.24, 2.45) is 0 Å². The van der Waals surface area contributed by atoms with Gasteiger partial charge in [-0.3, -0.25) is 0 Å². The molecule has 17 heavy (non-hydrogen) atoms. The number of hydrogen-bond acceptors (Lipinski definition) is 2. The van der Waals surface area contributed by atoms with Crippen LogP contribution in [0.3, 0.4) is 0 Å². The van der Waals surface area contributed by atoms with Gasteiger partial charge in [0.2, 0.25) is 0 Å². The van der Waals surface area contributed by atoms with Gasteiger partial charge in [-0.25, -0.2) is 4.79 Å². The number of carbonyl (C=O) groups is 1. The molecule has 2 nitrogen and oxygen atoms in total. The lowest BCUT2D eigenvalue weighted by atomic mass is 10.1. The average Bonchev–Trinajstić information content (AvgIpc) is 2.80. The fourth-order valence-corrected chi connectivity index (χ4v) is 2.34. The lowest BCUT2D eigenvalue weighted by Gasteiger charge is -2.02. The zero-order chi connectivity index (χ0) is 12.3. The van der Waals surface area contributed by atoms with E-state index >= 15 is 0 Å². The van der Waals surface area contributed by atoms with E-state index in [9.17, 15) is 9.90 Å². The minimum atomic E-state index is -0.916. The van der Waals surface area contributed by atoms with Gasteiger partial charge >= 0.3 is 5.97 Å². The van der Waals surface area contributed by atoms with Crippen molar-refractivity contribution in [1.82, 2.24) is 0 Å². The van der Waals surface area contributed by atoms with E-state index in [0.717, 1.165) is 9.35 Å². The molecule has 0 amide bonds. The smallest absolute Gasteiger partial charge is 0.336 e. The van der Waals surface area contributed by atoms with Gasteiger partial charge in [0.05, 0.1) is 5.57 Å². The van der Waals surface area contributed by atoms with E-state index in [2.05, 4.69) is 15.9 Å². The SMILES string of the molecule is O=C(O)/C(=C/c1cccs1)c1ccc(Br)cc1. The highest BCUT2D eigenvalue weighted by Crippen LogP contribution is 2.22. The van der Waals surface area contributed by atoms with E-state index in [4.69, 9.17) is 0 Å². The van der Waals surface area contributed by atoms with Crippen LogP contribution in [0.5, 0.6) is 0 Å². The fraction of sp³-hybridized carbons (Fsp3) is 0. The Balaban J connectivity index is 2.43. The van der Waals surface area contributed by atoms with E-state index in [1.807, 2.05) is 29.6 Å². The predicted molar refractivity (Wildman–Crippen MR) is 74.0 cm³/mol. The van der Waals surface area contributed by atoms with Crippen LogP contribution in [0.25, 0.3) is 11.6 Å². The van der Waals surface area contributed by atoms with Crippen LogP contribution >= 0.6 is 27.3 Å². The largest absolute Gasteiger partial charge is 0.478 e. The molecule has 0 aliphatic carbocycles. The molecule has 86 valence electrons. The van der Waals surface area contributed by atoms with Crippen LogP contribution in [0.4, 0.5) is 0 Å². The van der Waals surface area contributed by atoms with Crippen molar-refractivity contribution in [2.75, 3.05) is 0 Å². The summed E-state index contributed by atoms with van der Waals surface area (Å²) in [5, 5.41) is 11.1. The number of thiophene rings is 1. The van der Waals surface area contributed by atoms with E-state index in [1.54, 1.807) is 18.2 Å². The first-order valence-electron chi connectivity index (χ1n) is 4.91. The summed E-state index contributed by atoms with van der Waals surface area (Å²) >= 11 is 4.84. The molecule has 0 radical (unpaired) electrons. The second-order valence-corrected chi connectivity index (χ2v) is 5.28. The standard InChI is InChI=1S/C13H9BrO2S/c14-10-5-3-9(4-6-10)12(13(15)16)8-11-2-1-7-17-11/h1-8H,(H,15,16)/b12-8+. The molecule has 2 aromatic rings. The minimum absolute atomic E-state index is 0.306. The van der Waals surface area contributed by atoms with Gasteiger partial charge in [-0.05, 0) is 35.2 Å². The number of hydrogen-bond donors (Lipinski definition) is 1. The predicted octanol–water partition coefficient (Wildman–Crippen LogP) is 4.14. The highest BCUT2D eigenvalue weighted by molar-refractivity contribution is 9.10. The summed E-state index contributed by atoms with van der Waals surface area (Å²) in [4.78, 5) is 12.2. The zero-order valence-corrected chi connectivity index (χ0v) is 11.2. The molecule has 0 spiro atoms. The molecular weight excluding hydrogens is 300 g/mol. The van der Waals surface area contributed by atoms with Gasteiger partial charge in [-0.1, -0.05) is 34.1 Å². The molecule has 0 aliphatic heterocycles. The number of rotatable bonds is 3. The summed E-state index contributed by atoms with van der Waals surface area (Å²) in [6.45, 7) is 0. The van der Waals surface area contributed by atoms with E-state index in [1.165, 1.54) is 11.3 Å². The Labute approximate surface area is 111 Å². The molecule has 0 bridgehead atoms. The topological polar surface area (TPSA) is 37.3 Å². The third-order valence-electron chi connectivity index (χ3n) is 2.22. The molecule has 0 saturated carbocycles. The van der Waals surface area contributed by atoms with Crippen molar-refractivity contribution < 1.29 is 9.90 Å². The third-order valence-corrected chi connectivity index (χ3v) is 3.56. The molecule has 0 unspecified atom stereocenters. The maximum atomic E-state index is 11.2. The Morgan fingerprint density at radius 3 is 2.47 bits per heavy atom. The molecular formula is C13H9BrO2S. The monoisotopic (exact) mass is 308 g/mol. The summed E-state index contributed by atoms with van der Waals surface area (Å²) in [7, 11) is 0. The van der Waals surface area contributed by atoms with Gasteiger partial charge in [-0.2, -0.15) is 0 Å². The highest BCUT2D eigenvalue weighted by atomic mass is 79.9. The Kier molecular flexibility index (Phi) is 3.76. The first-order chi connectivity index (χ1) is 8.16. The summed E-state index contributed by atoms with van der Waals surface area (Å²) in [6, 6.07) is 11.0. The Bertz CT molecular complexity index is 541. The van der Waals surface area contributed by atoms with Gasteiger partial charge < -0.3 is 5.11 Å². The molecule has 4 heteroatoms.